The van der Waals surface area contributed by atoms with Gasteiger partial charge >= 0.3 is 0 Å². The molecule has 0 atom stereocenters. The second-order valence-electron chi connectivity index (χ2n) is 4.75. The number of methoxy groups -OCH3 is 1. The lowest BCUT2D eigenvalue weighted by atomic mass is 10.1. The monoisotopic (exact) mass is 298 g/mol. The number of benzene rings is 3. The predicted molar refractivity (Wildman–Crippen MR) is 89.6 cm³/mol. The number of nitrogens with one attached hydrogen (secondary N) is 1. The number of ether oxygens (including phenoxy) is 1. The molecule has 3 rings (SSSR count). The molecule has 4 heteroatoms. The number of fused-ring (bicyclic) bond motifs is 1. The molecule has 0 radical (unpaired) electrons. The molecule has 0 aliphatic heterocycles. The van der Waals surface area contributed by atoms with Crippen molar-refractivity contribution < 1.29 is 4.74 Å². The first-order valence-electron chi connectivity index (χ1n) is 6.56. The average Bonchev–Trinajstić information content (AvgIpc) is 2.50. The Labute approximate surface area is 128 Å². The molecule has 0 saturated heterocycles. The SMILES string of the molecule is COc1cccc(Nc2ccc(N)c3cc(Cl)ccc23)c1. The first kappa shape index (κ1) is 13.6. The zero-order valence-electron chi connectivity index (χ0n) is 11.6. The van der Waals surface area contributed by atoms with E-state index in [1.54, 1.807) is 7.11 Å². The second kappa shape index (κ2) is 5.54. The molecule has 0 aliphatic rings. The highest BCUT2D eigenvalue weighted by Crippen LogP contribution is 2.32. The predicted octanol–water partition coefficient (Wildman–Crippen LogP) is 4.83. The molecule has 0 amide bonds. The Balaban J connectivity index is 2.06. The fraction of sp³-hybridized carbons (Fsp3) is 0.0588. The van der Waals surface area contributed by atoms with E-state index in [4.69, 9.17) is 22.1 Å². The summed E-state index contributed by atoms with van der Waals surface area (Å²) in [6.07, 6.45) is 0. The first-order chi connectivity index (χ1) is 10.2. The van der Waals surface area contributed by atoms with E-state index in [0.717, 1.165) is 27.9 Å². The Bertz CT molecular complexity index is 802. The molecule has 0 fully saturated rings. The van der Waals surface area contributed by atoms with Crippen molar-refractivity contribution in [1.29, 1.82) is 0 Å². The molecule has 3 N–H and O–H groups in total. The molecule has 0 aromatic heterocycles. The maximum absolute atomic E-state index is 6.05. The van der Waals surface area contributed by atoms with Crippen molar-refractivity contribution in [3.05, 3.63) is 59.6 Å². The van der Waals surface area contributed by atoms with Crippen LogP contribution < -0.4 is 15.8 Å². The summed E-state index contributed by atoms with van der Waals surface area (Å²) in [4.78, 5) is 0. The van der Waals surface area contributed by atoms with Gasteiger partial charge in [0.2, 0.25) is 0 Å². The summed E-state index contributed by atoms with van der Waals surface area (Å²) >= 11 is 6.05. The van der Waals surface area contributed by atoms with Gasteiger partial charge in [0.05, 0.1) is 7.11 Å². The number of nitrogens with two attached hydrogens (primary N) is 1. The van der Waals surface area contributed by atoms with Crippen LogP contribution in [0.5, 0.6) is 5.75 Å². The van der Waals surface area contributed by atoms with Crippen molar-refractivity contribution >= 4 is 39.4 Å². The van der Waals surface area contributed by atoms with Crippen LogP contribution in [0.15, 0.2) is 54.6 Å². The first-order valence-corrected chi connectivity index (χ1v) is 6.94. The van der Waals surface area contributed by atoms with Crippen molar-refractivity contribution in [1.82, 2.24) is 0 Å². The fourth-order valence-corrected chi connectivity index (χ4v) is 2.48. The zero-order chi connectivity index (χ0) is 14.8. The van der Waals surface area contributed by atoms with E-state index in [1.165, 1.54) is 0 Å². The van der Waals surface area contributed by atoms with Crippen LogP contribution in [0.25, 0.3) is 10.8 Å². The fourth-order valence-electron chi connectivity index (χ4n) is 2.31. The third kappa shape index (κ3) is 2.73. The Morgan fingerprint density at radius 3 is 2.67 bits per heavy atom. The highest BCUT2D eigenvalue weighted by atomic mass is 35.5. The van der Waals surface area contributed by atoms with Crippen molar-refractivity contribution in [3.8, 4) is 5.75 Å². The van der Waals surface area contributed by atoms with Crippen LogP contribution in [0, 0.1) is 0 Å². The number of halogens is 1. The van der Waals surface area contributed by atoms with E-state index >= 15 is 0 Å². The Hall–Kier alpha value is -2.39. The third-order valence-corrected chi connectivity index (χ3v) is 3.60. The molecule has 0 heterocycles. The zero-order valence-corrected chi connectivity index (χ0v) is 12.3. The van der Waals surface area contributed by atoms with E-state index in [9.17, 15) is 0 Å². The van der Waals surface area contributed by atoms with E-state index in [0.29, 0.717) is 10.7 Å². The largest absolute Gasteiger partial charge is 0.497 e. The van der Waals surface area contributed by atoms with Gasteiger partial charge in [0.25, 0.3) is 0 Å². The number of nitrogen functional groups attached to an aromatic ring is 1. The van der Waals surface area contributed by atoms with Crippen molar-refractivity contribution in [2.24, 2.45) is 0 Å². The van der Waals surface area contributed by atoms with E-state index in [2.05, 4.69) is 5.32 Å². The standard InChI is InChI=1S/C17H15ClN2O/c1-21-13-4-2-3-12(10-13)20-17-8-7-16(19)15-9-11(18)5-6-14(15)17/h2-10,20H,19H2,1H3. The molecule has 0 bridgehead atoms. The van der Waals surface area contributed by atoms with Gasteiger partial charge in [0, 0.05) is 38.9 Å². The van der Waals surface area contributed by atoms with Gasteiger partial charge < -0.3 is 15.8 Å². The van der Waals surface area contributed by atoms with Gasteiger partial charge in [-0.05, 0) is 36.4 Å². The summed E-state index contributed by atoms with van der Waals surface area (Å²) in [7, 11) is 1.65. The van der Waals surface area contributed by atoms with Crippen LogP contribution in [-0.4, -0.2) is 7.11 Å². The Morgan fingerprint density at radius 2 is 1.86 bits per heavy atom. The molecule has 3 aromatic rings. The summed E-state index contributed by atoms with van der Waals surface area (Å²) < 4.78 is 5.24. The summed E-state index contributed by atoms with van der Waals surface area (Å²) in [5.41, 5.74) is 8.67. The topological polar surface area (TPSA) is 47.3 Å². The Morgan fingerprint density at radius 1 is 1.00 bits per heavy atom. The Kier molecular flexibility index (Phi) is 3.59. The molecule has 0 aliphatic carbocycles. The number of hydrogen-bond acceptors (Lipinski definition) is 3. The summed E-state index contributed by atoms with van der Waals surface area (Å²) in [6, 6.07) is 17.3. The maximum atomic E-state index is 6.05. The average molecular weight is 299 g/mol. The molecule has 0 unspecified atom stereocenters. The lowest BCUT2D eigenvalue weighted by molar-refractivity contribution is 0.415. The van der Waals surface area contributed by atoms with Gasteiger partial charge in [-0.2, -0.15) is 0 Å². The van der Waals surface area contributed by atoms with Crippen LogP contribution in [0.3, 0.4) is 0 Å². The van der Waals surface area contributed by atoms with Crippen LogP contribution in [0.1, 0.15) is 0 Å². The van der Waals surface area contributed by atoms with E-state index in [1.807, 2.05) is 54.6 Å². The minimum Gasteiger partial charge on any atom is -0.497 e. The number of hydrogen-bond donors (Lipinski definition) is 2. The van der Waals surface area contributed by atoms with Gasteiger partial charge in [0.15, 0.2) is 0 Å². The van der Waals surface area contributed by atoms with Gasteiger partial charge in [0.1, 0.15) is 5.75 Å². The maximum Gasteiger partial charge on any atom is 0.120 e. The van der Waals surface area contributed by atoms with Gasteiger partial charge in [-0.3, -0.25) is 0 Å². The van der Waals surface area contributed by atoms with Crippen molar-refractivity contribution in [2.45, 2.75) is 0 Å². The van der Waals surface area contributed by atoms with Crippen LogP contribution in [0.4, 0.5) is 17.1 Å². The van der Waals surface area contributed by atoms with Gasteiger partial charge in [-0.25, -0.2) is 0 Å². The number of anilines is 3. The van der Waals surface area contributed by atoms with Crippen molar-refractivity contribution in [2.75, 3.05) is 18.2 Å². The molecular formula is C17H15ClN2O. The van der Waals surface area contributed by atoms with Crippen molar-refractivity contribution in [3.63, 3.8) is 0 Å². The molecule has 3 aromatic carbocycles. The summed E-state index contributed by atoms with van der Waals surface area (Å²) in [6.45, 7) is 0. The molecule has 106 valence electrons. The minimum absolute atomic E-state index is 0.674. The van der Waals surface area contributed by atoms with E-state index < -0.39 is 0 Å². The molecule has 0 spiro atoms. The lowest BCUT2D eigenvalue weighted by Gasteiger charge is -2.12. The van der Waals surface area contributed by atoms with Crippen LogP contribution in [-0.2, 0) is 0 Å². The highest BCUT2D eigenvalue weighted by molar-refractivity contribution is 6.31. The smallest absolute Gasteiger partial charge is 0.120 e. The third-order valence-electron chi connectivity index (χ3n) is 3.36. The highest BCUT2D eigenvalue weighted by Gasteiger charge is 2.06. The quantitative estimate of drug-likeness (QED) is 0.681. The normalized spacial score (nSPS) is 10.6. The molecule has 0 saturated carbocycles. The number of rotatable bonds is 3. The minimum atomic E-state index is 0.674. The second-order valence-corrected chi connectivity index (χ2v) is 5.19. The van der Waals surface area contributed by atoms with E-state index in [-0.39, 0.29) is 0 Å². The summed E-state index contributed by atoms with van der Waals surface area (Å²) in [5.74, 6) is 0.808. The molecule has 3 nitrogen and oxygen atoms in total. The molecule has 21 heavy (non-hydrogen) atoms. The lowest BCUT2D eigenvalue weighted by Crippen LogP contribution is -1.95. The molecular weight excluding hydrogens is 284 g/mol. The summed E-state index contributed by atoms with van der Waals surface area (Å²) in [5, 5.41) is 6.03. The van der Waals surface area contributed by atoms with Crippen LogP contribution in [0.2, 0.25) is 5.02 Å². The van der Waals surface area contributed by atoms with Gasteiger partial charge in [-0.15, -0.1) is 0 Å². The van der Waals surface area contributed by atoms with Gasteiger partial charge in [-0.1, -0.05) is 23.7 Å². The van der Waals surface area contributed by atoms with Crippen LogP contribution >= 0.6 is 11.6 Å².